The Balaban J connectivity index is 1.87. The van der Waals surface area contributed by atoms with Gasteiger partial charge in [-0.15, -0.1) is 13.2 Å². The van der Waals surface area contributed by atoms with Crippen molar-refractivity contribution in [3.05, 3.63) is 48.9 Å². The summed E-state index contributed by atoms with van der Waals surface area (Å²) < 4.78 is 43.1. The number of nitrogens with one attached hydrogen (secondary N) is 1. The number of fused-ring (bicyclic) bond motifs is 1. The van der Waals surface area contributed by atoms with Gasteiger partial charge in [0.15, 0.2) is 0 Å². The highest BCUT2D eigenvalue weighted by Gasteiger charge is 2.31. The monoisotopic (exact) mass is 359 g/mol. The molecule has 4 rings (SSSR count). The molecule has 0 fully saturated rings. The normalized spacial score (nSPS) is 11.8. The molecule has 6 nitrogen and oxygen atoms in total. The van der Waals surface area contributed by atoms with E-state index in [0.717, 1.165) is 11.1 Å². The Labute approximate surface area is 145 Å². The van der Waals surface area contributed by atoms with E-state index in [1.54, 1.807) is 36.3 Å². The van der Waals surface area contributed by atoms with E-state index in [-0.39, 0.29) is 5.75 Å². The molecule has 4 aromatic rings. The van der Waals surface area contributed by atoms with Gasteiger partial charge in [0.05, 0.1) is 22.8 Å². The Kier molecular flexibility index (Phi) is 3.64. The van der Waals surface area contributed by atoms with Crippen LogP contribution in [-0.2, 0) is 7.05 Å². The van der Waals surface area contributed by atoms with E-state index in [0.29, 0.717) is 22.3 Å². The number of benzene rings is 1. The second-order valence-electron chi connectivity index (χ2n) is 5.63. The van der Waals surface area contributed by atoms with Gasteiger partial charge in [-0.05, 0) is 18.2 Å². The molecule has 1 aromatic carbocycles. The molecule has 0 amide bonds. The topological polar surface area (TPSA) is 68.6 Å². The van der Waals surface area contributed by atoms with E-state index < -0.39 is 6.36 Å². The number of aromatic nitrogens is 5. The maximum Gasteiger partial charge on any atom is 0.573 e. The minimum atomic E-state index is -4.76. The smallest absolute Gasteiger partial charge is 0.406 e. The first-order chi connectivity index (χ1) is 12.4. The molecule has 9 heteroatoms. The molecule has 0 aliphatic rings. The van der Waals surface area contributed by atoms with E-state index in [4.69, 9.17) is 0 Å². The zero-order valence-electron chi connectivity index (χ0n) is 13.4. The van der Waals surface area contributed by atoms with Crippen LogP contribution in [0.2, 0.25) is 0 Å². The summed E-state index contributed by atoms with van der Waals surface area (Å²) in [5.41, 5.74) is 3.11. The molecule has 0 radical (unpaired) electrons. The van der Waals surface area contributed by atoms with Crippen molar-refractivity contribution in [1.82, 2.24) is 25.0 Å². The van der Waals surface area contributed by atoms with Gasteiger partial charge < -0.3 is 4.74 Å². The molecule has 0 spiro atoms. The van der Waals surface area contributed by atoms with Gasteiger partial charge in [0.25, 0.3) is 0 Å². The second kappa shape index (κ2) is 5.87. The zero-order chi connectivity index (χ0) is 18.3. The lowest BCUT2D eigenvalue weighted by Crippen LogP contribution is -2.17. The van der Waals surface area contributed by atoms with E-state index in [1.807, 2.05) is 6.20 Å². The summed E-state index contributed by atoms with van der Waals surface area (Å²) in [5, 5.41) is 12.0. The van der Waals surface area contributed by atoms with E-state index in [2.05, 4.69) is 25.0 Å². The van der Waals surface area contributed by atoms with Crippen molar-refractivity contribution < 1.29 is 17.9 Å². The first kappa shape index (κ1) is 16.1. The first-order valence-electron chi connectivity index (χ1n) is 7.59. The fraction of sp³-hybridized carbons (Fsp3) is 0.118. The van der Waals surface area contributed by atoms with Crippen molar-refractivity contribution in [1.29, 1.82) is 0 Å². The van der Waals surface area contributed by atoms with Crippen LogP contribution in [0.4, 0.5) is 13.2 Å². The zero-order valence-corrected chi connectivity index (χ0v) is 13.4. The van der Waals surface area contributed by atoms with Gasteiger partial charge in [0.1, 0.15) is 11.4 Å². The van der Waals surface area contributed by atoms with Crippen molar-refractivity contribution in [3.63, 3.8) is 0 Å². The molecule has 0 aliphatic carbocycles. The van der Waals surface area contributed by atoms with E-state index in [9.17, 15) is 13.2 Å². The van der Waals surface area contributed by atoms with Crippen LogP contribution in [0.5, 0.6) is 5.75 Å². The summed E-state index contributed by atoms with van der Waals surface area (Å²) in [5.74, 6) is -0.307. The molecule has 0 atom stereocenters. The van der Waals surface area contributed by atoms with Gasteiger partial charge in [0, 0.05) is 30.6 Å². The number of H-pyrrole nitrogens is 1. The van der Waals surface area contributed by atoms with E-state index >= 15 is 0 Å². The predicted molar refractivity (Wildman–Crippen MR) is 88.2 cm³/mol. The van der Waals surface area contributed by atoms with Crippen molar-refractivity contribution >= 4 is 10.9 Å². The fourth-order valence-corrected chi connectivity index (χ4v) is 2.78. The molecule has 0 bridgehead atoms. The van der Waals surface area contributed by atoms with Crippen molar-refractivity contribution in [2.75, 3.05) is 0 Å². The molecule has 3 aromatic heterocycles. The minimum Gasteiger partial charge on any atom is -0.406 e. The number of hydrogen-bond acceptors (Lipinski definition) is 4. The molecule has 26 heavy (non-hydrogen) atoms. The lowest BCUT2D eigenvalue weighted by molar-refractivity contribution is -0.274. The van der Waals surface area contributed by atoms with Gasteiger partial charge in [-0.1, -0.05) is 12.1 Å². The summed E-state index contributed by atoms with van der Waals surface area (Å²) in [6, 6.07) is 7.44. The summed E-state index contributed by atoms with van der Waals surface area (Å²) in [6.07, 6.45) is 0.355. The third-order valence-electron chi connectivity index (χ3n) is 3.80. The Bertz CT molecular complexity index is 1080. The third kappa shape index (κ3) is 2.99. The summed E-state index contributed by atoms with van der Waals surface area (Å²) in [4.78, 5) is 4.41. The molecule has 0 aliphatic heterocycles. The number of halogens is 3. The summed E-state index contributed by atoms with van der Waals surface area (Å²) in [6.45, 7) is 0. The van der Waals surface area contributed by atoms with Gasteiger partial charge >= 0.3 is 6.36 Å². The number of rotatable bonds is 3. The maximum atomic E-state index is 12.5. The molecule has 132 valence electrons. The van der Waals surface area contributed by atoms with Crippen LogP contribution in [0.1, 0.15) is 0 Å². The van der Waals surface area contributed by atoms with Crippen molar-refractivity contribution in [2.24, 2.45) is 7.05 Å². The Morgan fingerprint density at radius 1 is 1.12 bits per heavy atom. The quantitative estimate of drug-likeness (QED) is 0.602. The second-order valence-corrected chi connectivity index (χ2v) is 5.63. The van der Waals surface area contributed by atoms with Crippen LogP contribution in [0.15, 0.2) is 48.9 Å². The number of aryl methyl sites for hydroxylation is 1. The van der Waals surface area contributed by atoms with Gasteiger partial charge in [-0.3, -0.25) is 14.8 Å². The third-order valence-corrected chi connectivity index (χ3v) is 3.80. The predicted octanol–water partition coefficient (Wildman–Crippen LogP) is 3.92. The molecular formula is C17H12F3N5O. The first-order valence-corrected chi connectivity index (χ1v) is 7.59. The lowest BCUT2D eigenvalue weighted by atomic mass is 10.0. The van der Waals surface area contributed by atoms with Crippen LogP contribution >= 0.6 is 0 Å². The molecule has 1 N–H and O–H groups in total. The van der Waals surface area contributed by atoms with Crippen LogP contribution in [0, 0.1) is 0 Å². The van der Waals surface area contributed by atoms with Crippen LogP contribution < -0.4 is 4.74 Å². The molecule has 0 unspecified atom stereocenters. The number of pyridine rings is 1. The van der Waals surface area contributed by atoms with Gasteiger partial charge in [-0.25, -0.2) is 0 Å². The molecular weight excluding hydrogens is 347 g/mol. The van der Waals surface area contributed by atoms with Crippen LogP contribution in [0.25, 0.3) is 33.4 Å². The highest BCUT2D eigenvalue weighted by molar-refractivity contribution is 6.02. The number of hydrogen-bond donors (Lipinski definition) is 1. The Morgan fingerprint density at radius 2 is 1.96 bits per heavy atom. The highest BCUT2D eigenvalue weighted by atomic mass is 19.4. The van der Waals surface area contributed by atoms with Crippen LogP contribution in [-0.4, -0.2) is 31.3 Å². The van der Waals surface area contributed by atoms with Gasteiger partial charge in [-0.2, -0.15) is 10.2 Å². The maximum absolute atomic E-state index is 12.5. The van der Waals surface area contributed by atoms with Crippen molar-refractivity contribution in [3.8, 4) is 28.3 Å². The lowest BCUT2D eigenvalue weighted by Gasteiger charge is -2.09. The average Bonchev–Trinajstić information content (AvgIpc) is 3.19. The average molecular weight is 359 g/mol. The number of ether oxygens (including phenoxy) is 1. The highest BCUT2D eigenvalue weighted by Crippen LogP contribution is 2.35. The summed E-state index contributed by atoms with van der Waals surface area (Å²) >= 11 is 0. The van der Waals surface area contributed by atoms with Crippen molar-refractivity contribution in [2.45, 2.75) is 6.36 Å². The molecule has 3 heterocycles. The Hall–Kier alpha value is -3.36. The number of alkyl halides is 3. The largest absolute Gasteiger partial charge is 0.573 e. The molecule has 0 saturated heterocycles. The number of aromatic amines is 1. The molecule has 0 saturated carbocycles. The summed E-state index contributed by atoms with van der Waals surface area (Å²) in [7, 11) is 1.79. The minimum absolute atomic E-state index is 0.307. The standard InChI is InChI=1S/C17H12F3N5O/c1-25-9-11(8-22-25)15-14-13(5-6-21-15)23-24-16(14)10-3-2-4-12(7-10)26-17(18,19)20/h2-9H,1H3,(H,23,24). The van der Waals surface area contributed by atoms with E-state index in [1.165, 1.54) is 18.2 Å². The number of nitrogens with zero attached hydrogens (tertiary/aromatic N) is 4. The Morgan fingerprint density at radius 3 is 2.69 bits per heavy atom. The SMILES string of the molecule is Cn1cc(-c2nccc3[nH]nc(-c4cccc(OC(F)(F)F)c4)c23)cn1. The fourth-order valence-electron chi connectivity index (χ4n) is 2.78. The van der Waals surface area contributed by atoms with Gasteiger partial charge in [0.2, 0.25) is 0 Å². The van der Waals surface area contributed by atoms with Crippen LogP contribution in [0.3, 0.4) is 0 Å².